The molecule has 0 saturated heterocycles. The highest BCUT2D eigenvalue weighted by atomic mass is 16.5. The molecule has 1 aliphatic heterocycles. The van der Waals surface area contributed by atoms with Gasteiger partial charge >= 0.3 is 12.1 Å². The summed E-state index contributed by atoms with van der Waals surface area (Å²) in [4.78, 5) is 37.7. The fourth-order valence-electron chi connectivity index (χ4n) is 3.99. The van der Waals surface area contributed by atoms with Gasteiger partial charge in [-0.3, -0.25) is 4.79 Å². The molecule has 7 nitrogen and oxygen atoms in total. The zero-order valence-electron chi connectivity index (χ0n) is 16.4. The van der Waals surface area contributed by atoms with Crippen molar-refractivity contribution in [1.29, 1.82) is 0 Å². The number of carbonyl (C=O) groups excluding carboxylic acids is 3. The third-order valence-corrected chi connectivity index (χ3v) is 5.47. The smallest absolute Gasteiger partial charge is 0.410 e. The van der Waals surface area contributed by atoms with Gasteiger partial charge in [0.1, 0.15) is 11.3 Å². The molecule has 2 aliphatic rings. The third kappa shape index (κ3) is 3.88. The minimum atomic E-state index is -0.458. The van der Waals surface area contributed by atoms with Crippen LogP contribution in [0.4, 0.5) is 4.79 Å². The van der Waals surface area contributed by atoms with E-state index in [4.69, 9.17) is 14.2 Å². The van der Waals surface area contributed by atoms with Crippen molar-refractivity contribution in [2.75, 3.05) is 27.9 Å². The maximum atomic E-state index is 12.4. The second kappa shape index (κ2) is 8.46. The van der Waals surface area contributed by atoms with Gasteiger partial charge < -0.3 is 19.1 Å². The molecule has 2 unspecified atom stereocenters. The zero-order valence-corrected chi connectivity index (χ0v) is 16.4. The number of fused-ring (bicyclic) bond motifs is 1. The van der Waals surface area contributed by atoms with E-state index in [0.717, 1.165) is 17.5 Å². The van der Waals surface area contributed by atoms with Crippen LogP contribution < -0.4 is 4.74 Å². The van der Waals surface area contributed by atoms with E-state index in [1.54, 1.807) is 17.0 Å². The van der Waals surface area contributed by atoms with Crippen LogP contribution in [0.3, 0.4) is 0 Å². The van der Waals surface area contributed by atoms with Crippen molar-refractivity contribution < 1.29 is 28.6 Å². The van der Waals surface area contributed by atoms with Gasteiger partial charge in [-0.2, -0.15) is 0 Å². The first kappa shape index (κ1) is 19.9. The van der Waals surface area contributed by atoms with Crippen LogP contribution in [-0.2, 0) is 20.7 Å². The molecule has 28 heavy (non-hydrogen) atoms. The lowest BCUT2D eigenvalue weighted by Crippen LogP contribution is -2.41. The Balaban J connectivity index is 2.01. The third-order valence-electron chi connectivity index (χ3n) is 5.47. The van der Waals surface area contributed by atoms with Crippen LogP contribution in [0.5, 0.6) is 5.75 Å². The fraction of sp³-hybridized carbons (Fsp3) is 0.476. The number of ether oxygens (including phenoxy) is 3. The Hall–Kier alpha value is -2.83. The van der Waals surface area contributed by atoms with Crippen molar-refractivity contribution in [2.24, 2.45) is 5.92 Å². The number of methoxy groups -OCH3 is 3. The van der Waals surface area contributed by atoms with Crippen LogP contribution >= 0.6 is 0 Å². The van der Waals surface area contributed by atoms with Gasteiger partial charge in [0.15, 0.2) is 5.78 Å². The van der Waals surface area contributed by atoms with Gasteiger partial charge in [0, 0.05) is 13.0 Å². The van der Waals surface area contributed by atoms with Crippen LogP contribution in [0, 0.1) is 5.92 Å². The molecular weight excluding hydrogens is 362 g/mol. The van der Waals surface area contributed by atoms with Crippen molar-refractivity contribution in [1.82, 2.24) is 4.90 Å². The van der Waals surface area contributed by atoms with Crippen LogP contribution in [0.1, 0.15) is 46.8 Å². The highest BCUT2D eigenvalue weighted by molar-refractivity contribution is 5.93. The normalized spacial score (nSPS) is 21.1. The summed E-state index contributed by atoms with van der Waals surface area (Å²) in [6.45, 7) is 0.493. The lowest BCUT2D eigenvalue weighted by molar-refractivity contribution is -0.115. The summed E-state index contributed by atoms with van der Waals surface area (Å²) in [6.07, 6.45) is 5.72. The number of carbonyl (C=O) groups is 3. The summed E-state index contributed by atoms with van der Waals surface area (Å²) < 4.78 is 15.3. The maximum absolute atomic E-state index is 12.4. The van der Waals surface area contributed by atoms with E-state index < -0.39 is 5.97 Å². The molecule has 1 heterocycles. The van der Waals surface area contributed by atoms with Crippen LogP contribution in [0.25, 0.3) is 0 Å². The molecule has 0 aromatic heterocycles. The maximum Gasteiger partial charge on any atom is 0.410 e. The van der Waals surface area contributed by atoms with Gasteiger partial charge in [-0.05, 0) is 54.5 Å². The highest BCUT2D eigenvalue weighted by Crippen LogP contribution is 2.40. The summed E-state index contributed by atoms with van der Waals surface area (Å²) >= 11 is 0. The van der Waals surface area contributed by atoms with E-state index in [-0.39, 0.29) is 23.8 Å². The molecule has 2 atom stereocenters. The van der Waals surface area contributed by atoms with Crippen molar-refractivity contribution in [3.63, 3.8) is 0 Å². The second-order valence-electron chi connectivity index (χ2n) is 7.03. The topological polar surface area (TPSA) is 82.1 Å². The van der Waals surface area contributed by atoms with Crippen LogP contribution in [-0.4, -0.2) is 50.6 Å². The molecule has 1 aromatic rings. The van der Waals surface area contributed by atoms with Gasteiger partial charge in [-0.1, -0.05) is 6.08 Å². The number of esters is 1. The quantitative estimate of drug-likeness (QED) is 0.739. The number of hydrogen-bond acceptors (Lipinski definition) is 6. The average Bonchev–Trinajstić information content (AvgIpc) is 2.73. The molecule has 0 radical (unpaired) electrons. The van der Waals surface area contributed by atoms with Gasteiger partial charge in [0.2, 0.25) is 0 Å². The molecule has 7 heteroatoms. The number of ketones is 1. The first-order valence-electron chi connectivity index (χ1n) is 9.33. The minimum Gasteiger partial charge on any atom is -0.496 e. The lowest BCUT2D eigenvalue weighted by atomic mass is 9.82. The second-order valence-corrected chi connectivity index (χ2v) is 7.03. The summed E-state index contributed by atoms with van der Waals surface area (Å²) in [6, 6.07) is 3.39. The van der Waals surface area contributed by atoms with Crippen molar-refractivity contribution in [3.05, 3.63) is 41.0 Å². The molecular formula is C21H25NO6. The fourth-order valence-corrected chi connectivity index (χ4v) is 3.99. The number of amides is 1. The van der Waals surface area contributed by atoms with Gasteiger partial charge in [0.05, 0.1) is 27.4 Å². The predicted molar refractivity (Wildman–Crippen MR) is 101 cm³/mol. The molecule has 1 amide bonds. The van der Waals surface area contributed by atoms with E-state index in [1.807, 2.05) is 12.1 Å². The SMILES string of the molecule is COC(=O)c1cc2c(cc1OC)C(CC1C=CC(=O)CC1)N(C(=O)OC)CC2. The van der Waals surface area contributed by atoms with Crippen LogP contribution in [0.2, 0.25) is 0 Å². The Bertz CT molecular complexity index is 815. The molecule has 0 saturated carbocycles. The monoisotopic (exact) mass is 387 g/mol. The Morgan fingerprint density at radius 2 is 1.93 bits per heavy atom. The predicted octanol–water partition coefficient (Wildman–Crippen LogP) is 3.07. The van der Waals surface area contributed by atoms with Gasteiger partial charge in [0.25, 0.3) is 0 Å². The van der Waals surface area contributed by atoms with E-state index in [2.05, 4.69) is 0 Å². The van der Waals surface area contributed by atoms with Crippen LogP contribution in [0.15, 0.2) is 24.3 Å². The van der Waals surface area contributed by atoms with E-state index >= 15 is 0 Å². The minimum absolute atomic E-state index is 0.134. The molecule has 0 spiro atoms. The standard InChI is InChI=1S/C21H25NO6/c1-26-19-12-16-14(11-17(19)20(24)27-2)8-9-22(21(25)28-3)18(16)10-13-4-6-15(23)7-5-13/h4,6,11-13,18H,5,7-10H2,1-3H3. The highest BCUT2D eigenvalue weighted by Gasteiger charge is 2.35. The summed E-state index contributed by atoms with van der Waals surface area (Å²) in [5, 5.41) is 0. The Labute approximate surface area is 164 Å². The Morgan fingerprint density at radius 3 is 2.54 bits per heavy atom. The molecule has 0 fully saturated rings. The molecule has 1 aliphatic carbocycles. The summed E-state index contributed by atoms with van der Waals surface area (Å²) in [5.41, 5.74) is 2.30. The summed E-state index contributed by atoms with van der Waals surface area (Å²) in [7, 11) is 4.20. The zero-order chi connectivity index (χ0) is 20.3. The number of rotatable bonds is 4. The first-order valence-corrected chi connectivity index (χ1v) is 9.33. The molecule has 1 aromatic carbocycles. The Morgan fingerprint density at radius 1 is 1.14 bits per heavy atom. The van der Waals surface area contributed by atoms with E-state index in [9.17, 15) is 14.4 Å². The molecule has 3 rings (SSSR count). The number of allylic oxidation sites excluding steroid dienone is 2. The first-order chi connectivity index (χ1) is 13.5. The molecule has 0 N–H and O–H groups in total. The van der Waals surface area contributed by atoms with Crippen molar-refractivity contribution in [3.8, 4) is 5.75 Å². The molecule has 0 bridgehead atoms. The van der Waals surface area contributed by atoms with E-state index in [0.29, 0.717) is 37.1 Å². The number of benzene rings is 1. The largest absolute Gasteiger partial charge is 0.496 e. The average molecular weight is 387 g/mol. The lowest BCUT2D eigenvalue weighted by Gasteiger charge is -2.38. The van der Waals surface area contributed by atoms with Gasteiger partial charge in [-0.25, -0.2) is 9.59 Å². The van der Waals surface area contributed by atoms with Crippen molar-refractivity contribution >= 4 is 17.8 Å². The molecule has 150 valence electrons. The Kier molecular flexibility index (Phi) is 6.02. The van der Waals surface area contributed by atoms with Crippen molar-refractivity contribution in [2.45, 2.75) is 31.7 Å². The van der Waals surface area contributed by atoms with E-state index in [1.165, 1.54) is 21.3 Å². The van der Waals surface area contributed by atoms with Gasteiger partial charge in [-0.15, -0.1) is 0 Å². The summed E-state index contributed by atoms with van der Waals surface area (Å²) in [5.74, 6) is 0.276. The number of hydrogen-bond donors (Lipinski definition) is 0. The number of nitrogens with zero attached hydrogens (tertiary/aromatic N) is 1.